The van der Waals surface area contributed by atoms with Crippen LogP contribution < -0.4 is 4.90 Å². The molecule has 0 spiro atoms. The van der Waals surface area contributed by atoms with Gasteiger partial charge in [-0.3, -0.25) is 9.69 Å². The van der Waals surface area contributed by atoms with Crippen molar-refractivity contribution in [1.82, 2.24) is 9.80 Å². The van der Waals surface area contributed by atoms with Gasteiger partial charge in [-0.05, 0) is 50.4 Å². The zero-order valence-electron chi connectivity index (χ0n) is 15.4. The monoisotopic (exact) mass is 399 g/mol. The van der Waals surface area contributed by atoms with Gasteiger partial charge in [-0.15, -0.1) is 24.8 Å². The average Bonchev–Trinajstić information content (AvgIpc) is 3.06. The number of piperidine rings is 1. The molecule has 1 amide bonds. The number of hydrogen-bond donors (Lipinski definition) is 0. The molecule has 0 radical (unpaired) electrons. The summed E-state index contributed by atoms with van der Waals surface area (Å²) in [5.74, 6) is 0.302. The van der Waals surface area contributed by atoms with Gasteiger partial charge in [0.15, 0.2) is 0 Å². The predicted molar refractivity (Wildman–Crippen MR) is 112 cm³/mol. The van der Waals surface area contributed by atoms with Crippen molar-refractivity contribution in [3.63, 3.8) is 0 Å². The number of benzene rings is 1. The summed E-state index contributed by atoms with van der Waals surface area (Å²) >= 11 is 0. The molecule has 4 rings (SSSR count). The molecule has 0 N–H and O–H groups in total. The summed E-state index contributed by atoms with van der Waals surface area (Å²) in [7, 11) is 0. The maximum atomic E-state index is 12.6. The lowest BCUT2D eigenvalue weighted by Crippen LogP contribution is -2.54. The highest BCUT2D eigenvalue weighted by Crippen LogP contribution is 2.28. The van der Waals surface area contributed by atoms with Crippen LogP contribution in [0.15, 0.2) is 24.3 Å². The Balaban J connectivity index is 0.00000121. The fourth-order valence-electron chi connectivity index (χ4n) is 4.61. The van der Waals surface area contributed by atoms with Gasteiger partial charge in [-0.25, -0.2) is 0 Å². The second-order valence-electron chi connectivity index (χ2n) is 7.51. The number of carbonyl (C=O) groups excluding carboxylic acids is 1. The van der Waals surface area contributed by atoms with Crippen molar-refractivity contribution in [1.29, 1.82) is 0 Å². The van der Waals surface area contributed by atoms with Gasteiger partial charge < -0.3 is 9.80 Å². The number of para-hydroxylation sites is 1. The highest BCUT2D eigenvalue weighted by molar-refractivity contribution is 5.95. The lowest BCUT2D eigenvalue weighted by atomic mass is 9.99. The third-order valence-corrected chi connectivity index (χ3v) is 5.97. The molecule has 1 aromatic carbocycles. The van der Waals surface area contributed by atoms with E-state index in [-0.39, 0.29) is 24.8 Å². The van der Waals surface area contributed by atoms with Crippen LogP contribution in [0.2, 0.25) is 0 Å². The number of carbonyl (C=O) groups is 1. The minimum absolute atomic E-state index is 0. The van der Waals surface area contributed by atoms with Crippen molar-refractivity contribution in [2.24, 2.45) is 0 Å². The molecule has 1 atom stereocenters. The molecule has 3 heterocycles. The molecule has 0 aliphatic carbocycles. The quantitative estimate of drug-likeness (QED) is 0.776. The first-order chi connectivity index (χ1) is 11.8. The predicted octanol–water partition coefficient (Wildman–Crippen LogP) is 3.37. The molecular formula is C20H31Cl2N3O. The number of anilines is 1. The van der Waals surface area contributed by atoms with Gasteiger partial charge in [-0.2, -0.15) is 0 Å². The first-order valence-corrected chi connectivity index (χ1v) is 9.66. The minimum atomic E-state index is 0. The van der Waals surface area contributed by atoms with E-state index in [4.69, 9.17) is 0 Å². The van der Waals surface area contributed by atoms with Crippen LogP contribution in [0.1, 0.15) is 37.7 Å². The van der Waals surface area contributed by atoms with E-state index < -0.39 is 0 Å². The third-order valence-electron chi connectivity index (χ3n) is 5.97. The SMILES string of the molecule is Cl.Cl.O=C(CCCN1CCN2CCCCC2C1)N1CCc2ccccc21. The summed E-state index contributed by atoms with van der Waals surface area (Å²) < 4.78 is 0. The standard InChI is InChI=1S/C20H29N3O.2ClH/c24-20(23-13-10-17-6-1-2-8-19(17)23)9-5-11-21-14-15-22-12-4-3-7-18(22)16-21;;/h1-2,6,8,18H,3-5,7,9-16H2;2*1H. The van der Waals surface area contributed by atoms with Crippen LogP contribution in [-0.4, -0.2) is 61.0 Å². The number of nitrogens with zero attached hydrogens (tertiary/aromatic N) is 3. The second-order valence-corrected chi connectivity index (χ2v) is 7.51. The van der Waals surface area contributed by atoms with E-state index in [1.54, 1.807) is 0 Å². The van der Waals surface area contributed by atoms with Crippen LogP contribution in [0.3, 0.4) is 0 Å². The number of halogens is 2. The molecular weight excluding hydrogens is 369 g/mol. The average molecular weight is 400 g/mol. The van der Waals surface area contributed by atoms with Crippen molar-refractivity contribution in [2.45, 2.75) is 44.6 Å². The van der Waals surface area contributed by atoms with Gasteiger partial charge in [-0.1, -0.05) is 24.6 Å². The van der Waals surface area contributed by atoms with Gasteiger partial charge in [0.2, 0.25) is 5.91 Å². The van der Waals surface area contributed by atoms with E-state index in [1.165, 1.54) is 51.0 Å². The molecule has 1 unspecified atom stereocenters. The van der Waals surface area contributed by atoms with Crippen LogP contribution in [0.4, 0.5) is 5.69 Å². The Hall–Kier alpha value is -0.810. The smallest absolute Gasteiger partial charge is 0.227 e. The second kappa shape index (κ2) is 9.93. The molecule has 1 aromatic rings. The molecule has 3 aliphatic heterocycles. The normalized spacial score (nSPS) is 22.8. The molecule has 4 nitrogen and oxygen atoms in total. The summed E-state index contributed by atoms with van der Waals surface area (Å²) in [6.45, 7) is 6.84. The number of piperazine rings is 1. The highest BCUT2D eigenvalue weighted by atomic mass is 35.5. The highest BCUT2D eigenvalue weighted by Gasteiger charge is 2.29. The lowest BCUT2D eigenvalue weighted by Gasteiger charge is -2.44. The molecule has 146 valence electrons. The largest absolute Gasteiger partial charge is 0.312 e. The Morgan fingerprint density at radius 1 is 1.04 bits per heavy atom. The zero-order valence-corrected chi connectivity index (χ0v) is 17.1. The number of rotatable bonds is 4. The minimum Gasteiger partial charge on any atom is -0.312 e. The van der Waals surface area contributed by atoms with Gasteiger partial charge in [0.25, 0.3) is 0 Å². The van der Waals surface area contributed by atoms with E-state index in [0.29, 0.717) is 12.3 Å². The Morgan fingerprint density at radius 3 is 2.77 bits per heavy atom. The molecule has 6 heteroatoms. The Kier molecular flexibility index (Phi) is 8.21. The maximum absolute atomic E-state index is 12.6. The Morgan fingerprint density at radius 2 is 1.88 bits per heavy atom. The first-order valence-electron chi connectivity index (χ1n) is 9.66. The van der Waals surface area contributed by atoms with Crippen molar-refractivity contribution in [3.8, 4) is 0 Å². The summed E-state index contributed by atoms with van der Waals surface area (Å²) in [5.41, 5.74) is 2.46. The molecule has 0 aromatic heterocycles. The molecule has 0 bridgehead atoms. The van der Waals surface area contributed by atoms with Crippen molar-refractivity contribution >= 4 is 36.4 Å². The fourth-order valence-corrected chi connectivity index (χ4v) is 4.61. The van der Waals surface area contributed by atoms with E-state index in [9.17, 15) is 4.79 Å². The molecule has 2 fully saturated rings. The summed E-state index contributed by atoms with van der Waals surface area (Å²) in [5, 5.41) is 0. The molecule has 0 saturated carbocycles. The number of hydrogen-bond acceptors (Lipinski definition) is 3. The van der Waals surface area contributed by atoms with Gasteiger partial charge in [0, 0.05) is 44.3 Å². The molecule has 3 aliphatic rings. The fraction of sp³-hybridized carbons (Fsp3) is 0.650. The topological polar surface area (TPSA) is 26.8 Å². The van der Waals surface area contributed by atoms with E-state index in [2.05, 4.69) is 28.0 Å². The molecule has 2 saturated heterocycles. The van der Waals surface area contributed by atoms with Crippen LogP contribution >= 0.6 is 24.8 Å². The number of fused-ring (bicyclic) bond motifs is 2. The first kappa shape index (κ1) is 21.5. The van der Waals surface area contributed by atoms with Gasteiger partial charge in [0.05, 0.1) is 0 Å². The summed E-state index contributed by atoms with van der Waals surface area (Å²) in [6, 6.07) is 9.11. The Bertz CT molecular complexity index is 598. The maximum Gasteiger partial charge on any atom is 0.227 e. The Labute approximate surface area is 169 Å². The summed E-state index contributed by atoms with van der Waals surface area (Å²) in [4.78, 5) is 19.8. The number of amides is 1. The lowest BCUT2D eigenvalue weighted by molar-refractivity contribution is -0.118. The van der Waals surface area contributed by atoms with E-state index >= 15 is 0 Å². The van der Waals surface area contributed by atoms with Crippen LogP contribution in [0, 0.1) is 0 Å². The van der Waals surface area contributed by atoms with Crippen molar-refractivity contribution in [2.75, 3.05) is 44.2 Å². The van der Waals surface area contributed by atoms with E-state index in [0.717, 1.165) is 37.7 Å². The third kappa shape index (κ3) is 4.72. The van der Waals surface area contributed by atoms with Crippen LogP contribution in [0.25, 0.3) is 0 Å². The van der Waals surface area contributed by atoms with Gasteiger partial charge in [0.1, 0.15) is 0 Å². The van der Waals surface area contributed by atoms with Crippen molar-refractivity contribution < 1.29 is 4.79 Å². The van der Waals surface area contributed by atoms with Gasteiger partial charge >= 0.3 is 0 Å². The zero-order chi connectivity index (χ0) is 16.4. The van der Waals surface area contributed by atoms with Crippen LogP contribution in [-0.2, 0) is 11.2 Å². The molecule has 26 heavy (non-hydrogen) atoms. The van der Waals surface area contributed by atoms with E-state index in [1.807, 2.05) is 11.0 Å². The summed E-state index contributed by atoms with van der Waals surface area (Å²) in [6.07, 6.45) is 6.80. The van der Waals surface area contributed by atoms with Crippen molar-refractivity contribution in [3.05, 3.63) is 29.8 Å². The van der Waals surface area contributed by atoms with Crippen LogP contribution in [0.5, 0.6) is 0 Å².